The largest absolute Gasteiger partial charge is 0.456 e. The SMILES string of the molecule is [2H][C@](O)(C(=O)O[C@H]1C[C@@]2(O)[C@@H](OC(=O)c3ccccc3)[C@@H]3[C@]4(OC(C)=O)CO[C@@H]4C[C@@H]4C[C@@]43C(=O)[C@H](OC(C)=O)C(=C1C)C2(C)C)[C@@]([2H])(NC(=O)OC(C)(C)C)c1ccccc1. The average Bonchev–Trinajstić information content (AvgIpc) is 3.91. The van der Waals surface area contributed by atoms with Gasteiger partial charge in [0.15, 0.2) is 23.6 Å². The molecule has 1 saturated heterocycles. The van der Waals surface area contributed by atoms with Crippen LogP contribution >= 0.6 is 0 Å². The number of benzene rings is 2. The first-order valence-corrected chi connectivity index (χ1v) is 20.0. The average molecular weight is 834 g/mol. The number of carbonyl (C=O) groups is 6. The Morgan fingerprint density at radius 3 is 2.13 bits per heavy atom. The van der Waals surface area contributed by atoms with Crippen molar-refractivity contribution in [2.45, 2.75) is 128 Å². The van der Waals surface area contributed by atoms with Crippen molar-refractivity contribution in [1.29, 1.82) is 0 Å². The normalized spacial score (nSPS) is 34.9. The summed E-state index contributed by atoms with van der Waals surface area (Å²) in [6.07, 6.45) is -10.9. The standard InChI is InChI=1S/C45H53NO14/c1-23-29(57-39(52)33(49)32(26-15-11-9-12-16-26)46-40(53)60-41(4,5)6)21-45(54)37(58-38(51)27-17-13-10-14-18-27)35-43(36(50)34(56-24(2)47)31(23)42(45,7)8)20-28(43)19-30-44(35,22-55-30)59-25(3)48/h9-18,28-30,32-35,37,49,54H,19-22H2,1-8H3,(H,46,53)/t28-,29+,30-,32+,33-,34-,35+,37+,43-,44+,45-/m1/s1/i32D,33D. The lowest BCUT2D eigenvalue weighted by molar-refractivity contribution is -0.323. The lowest BCUT2D eigenvalue weighted by Crippen LogP contribution is -2.78. The van der Waals surface area contributed by atoms with E-state index >= 15 is 4.79 Å². The number of ether oxygens (including phenoxy) is 6. The van der Waals surface area contributed by atoms with E-state index in [1.54, 1.807) is 58.9 Å². The summed E-state index contributed by atoms with van der Waals surface area (Å²) in [5.41, 5.74) is -8.20. The van der Waals surface area contributed by atoms with E-state index in [-0.39, 0.29) is 41.7 Å². The van der Waals surface area contributed by atoms with Gasteiger partial charge in [-0.3, -0.25) is 14.4 Å². The van der Waals surface area contributed by atoms with Gasteiger partial charge >= 0.3 is 30.0 Å². The first-order chi connectivity index (χ1) is 28.8. The van der Waals surface area contributed by atoms with Crippen LogP contribution in [0.5, 0.6) is 0 Å². The number of hydrogen-bond acceptors (Lipinski definition) is 14. The quantitative estimate of drug-likeness (QED) is 0.181. The highest BCUT2D eigenvalue weighted by Gasteiger charge is 2.84. The Hall–Kier alpha value is -5.12. The molecule has 0 unspecified atom stereocenters. The molecule has 2 bridgehead atoms. The van der Waals surface area contributed by atoms with E-state index in [0.717, 1.165) is 6.92 Å². The summed E-state index contributed by atoms with van der Waals surface area (Å²) in [4.78, 5) is 83.3. The monoisotopic (exact) mass is 833 g/mol. The third-order valence-electron chi connectivity index (χ3n) is 12.9. The summed E-state index contributed by atoms with van der Waals surface area (Å²) >= 11 is 0. The zero-order valence-electron chi connectivity index (χ0n) is 36.9. The molecular weight excluding hydrogens is 778 g/mol. The molecule has 3 N–H and O–H groups in total. The smallest absolute Gasteiger partial charge is 0.408 e. The van der Waals surface area contributed by atoms with Gasteiger partial charge in [0.25, 0.3) is 0 Å². The highest BCUT2D eigenvalue weighted by molar-refractivity contribution is 5.97. The van der Waals surface area contributed by atoms with Crippen LogP contribution in [0.2, 0.25) is 0 Å². The number of nitrogens with one attached hydrogen (secondary N) is 1. The van der Waals surface area contributed by atoms with E-state index < -0.39 is 118 Å². The Morgan fingerprint density at radius 2 is 1.57 bits per heavy atom. The molecule has 3 saturated carbocycles. The third kappa shape index (κ3) is 7.07. The number of Topliss-reactive ketones (excluding diaryl/α,β-unsaturated/α-hetero) is 1. The number of rotatable bonds is 9. The molecule has 322 valence electrons. The second-order valence-electron chi connectivity index (χ2n) is 18.0. The highest BCUT2D eigenvalue weighted by Crippen LogP contribution is 2.74. The van der Waals surface area contributed by atoms with Crippen molar-refractivity contribution in [2.24, 2.45) is 22.7 Å². The van der Waals surface area contributed by atoms with Crippen LogP contribution in [0.1, 0.15) is 99.3 Å². The van der Waals surface area contributed by atoms with Gasteiger partial charge in [-0.15, -0.1) is 0 Å². The van der Waals surface area contributed by atoms with Crippen LogP contribution in [0.3, 0.4) is 0 Å². The van der Waals surface area contributed by atoms with Crippen LogP contribution in [0.25, 0.3) is 0 Å². The number of fused-ring (bicyclic) bond motifs is 4. The lowest BCUT2D eigenvalue weighted by atomic mass is 9.48. The Kier molecular flexibility index (Phi) is 10.1. The van der Waals surface area contributed by atoms with E-state index in [0.29, 0.717) is 0 Å². The zero-order chi connectivity index (χ0) is 45.6. The fourth-order valence-electron chi connectivity index (χ4n) is 10.2. The van der Waals surface area contributed by atoms with Crippen molar-refractivity contribution in [3.63, 3.8) is 0 Å². The first-order valence-electron chi connectivity index (χ1n) is 21.0. The van der Waals surface area contributed by atoms with Gasteiger partial charge in [-0.2, -0.15) is 0 Å². The van der Waals surface area contributed by atoms with Gasteiger partial charge in [-0.25, -0.2) is 14.4 Å². The number of amides is 1. The van der Waals surface area contributed by atoms with Gasteiger partial charge < -0.3 is 44.0 Å². The van der Waals surface area contributed by atoms with E-state index in [1.807, 2.05) is 0 Å². The Labute approximate surface area is 350 Å². The van der Waals surface area contributed by atoms with Gasteiger partial charge in [0.1, 0.15) is 29.5 Å². The van der Waals surface area contributed by atoms with Crippen LogP contribution in [-0.4, -0.2) is 99.9 Å². The minimum absolute atomic E-state index is 0.0117. The van der Waals surface area contributed by atoms with Crippen LogP contribution in [0.4, 0.5) is 4.79 Å². The number of hydrogen-bond donors (Lipinski definition) is 3. The third-order valence-corrected chi connectivity index (χ3v) is 12.9. The van der Waals surface area contributed by atoms with Crippen molar-refractivity contribution >= 4 is 35.8 Å². The first kappa shape index (κ1) is 40.3. The lowest BCUT2D eigenvalue weighted by Gasteiger charge is -2.64. The number of carbonyl (C=O) groups excluding carboxylic acids is 6. The predicted octanol–water partition coefficient (Wildman–Crippen LogP) is 4.47. The Bertz CT molecular complexity index is 2220. The second kappa shape index (κ2) is 15.1. The van der Waals surface area contributed by atoms with Crippen LogP contribution in [-0.2, 0) is 47.6 Å². The topological polar surface area (TPSA) is 210 Å². The molecule has 1 spiro atoms. The Morgan fingerprint density at radius 1 is 0.933 bits per heavy atom. The Balaban J connectivity index is 1.40. The van der Waals surface area contributed by atoms with Crippen LogP contribution < -0.4 is 5.32 Å². The van der Waals surface area contributed by atoms with Crippen LogP contribution in [0, 0.1) is 22.7 Å². The molecule has 2 aromatic rings. The molecule has 15 nitrogen and oxygen atoms in total. The van der Waals surface area contributed by atoms with Crippen molar-refractivity contribution in [3.8, 4) is 0 Å². The molecule has 2 aromatic carbocycles. The van der Waals surface area contributed by atoms with Gasteiger partial charge in [0.05, 0.1) is 26.8 Å². The van der Waals surface area contributed by atoms with E-state index in [1.165, 1.54) is 50.2 Å². The molecule has 4 fully saturated rings. The van der Waals surface area contributed by atoms with Gasteiger partial charge in [0, 0.05) is 31.1 Å². The summed E-state index contributed by atoms with van der Waals surface area (Å²) in [5, 5.41) is 27.7. The molecule has 1 heterocycles. The van der Waals surface area contributed by atoms with Gasteiger partial charge in [0.2, 0.25) is 0 Å². The fraction of sp³-hybridized carbons (Fsp3) is 0.556. The van der Waals surface area contributed by atoms with E-state index in [2.05, 4.69) is 5.32 Å². The fourth-order valence-corrected chi connectivity index (χ4v) is 10.2. The summed E-state index contributed by atoms with van der Waals surface area (Å²) < 4.78 is 54.1. The summed E-state index contributed by atoms with van der Waals surface area (Å²) in [7, 11) is 0. The molecule has 1 amide bonds. The molecule has 0 radical (unpaired) electrons. The van der Waals surface area contributed by atoms with Gasteiger partial charge in [-0.05, 0) is 75.3 Å². The van der Waals surface area contributed by atoms with Gasteiger partial charge in [-0.1, -0.05) is 62.4 Å². The van der Waals surface area contributed by atoms with Crippen molar-refractivity contribution in [1.82, 2.24) is 5.32 Å². The second-order valence-corrected chi connectivity index (χ2v) is 18.0. The molecule has 4 aliphatic carbocycles. The maximum absolute atomic E-state index is 15.5. The molecule has 60 heavy (non-hydrogen) atoms. The molecule has 1 aliphatic heterocycles. The minimum Gasteiger partial charge on any atom is -0.456 e. The minimum atomic E-state index is -3.64. The molecular formula is C45H53NO14. The summed E-state index contributed by atoms with van der Waals surface area (Å²) in [6.45, 7) is 11.3. The maximum atomic E-state index is 15.5. The molecule has 11 atom stereocenters. The van der Waals surface area contributed by atoms with Crippen molar-refractivity contribution < 1.29 is 70.1 Å². The summed E-state index contributed by atoms with van der Waals surface area (Å²) in [5.74, 6) is -6.56. The van der Waals surface area contributed by atoms with E-state index in [4.69, 9.17) is 29.8 Å². The number of alkyl carbamates (subject to hydrolysis) is 1. The highest BCUT2D eigenvalue weighted by atomic mass is 16.6. The molecule has 0 aromatic heterocycles. The van der Waals surface area contributed by atoms with E-state index in [9.17, 15) is 35.6 Å². The van der Waals surface area contributed by atoms with Crippen molar-refractivity contribution in [3.05, 3.63) is 82.9 Å². The number of aliphatic hydroxyl groups is 2. The number of ketones is 1. The molecule has 7 rings (SSSR count). The van der Waals surface area contributed by atoms with Crippen LogP contribution in [0.15, 0.2) is 71.8 Å². The predicted molar refractivity (Wildman–Crippen MR) is 210 cm³/mol. The molecule has 5 aliphatic rings. The number of esters is 4. The summed E-state index contributed by atoms with van der Waals surface area (Å²) in [6, 6.07) is 12.0. The maximum Gasteiger partial charge on any atom is 0.408 e. The zero-order valence-corrected chi connectivity index (χ0v) is 34.9. The molecule has 15 heteroatoms. The van der Waals surface area contributed by atoms with Crippen molar-refractivity contribution in [2.75, 3.05) is 6.61 Å².